The van der Waals surface area contributed by atoms with Crippen LogP contribution in [0, 0.1) is 13.8 Å². The minimum absolute atomic E-state index is 0.184. The molecule has 4 nitrogen and oxygen atoms in total. The summed E-state index contributed by atoms with van der Waals surface area (Å²) in [6.07, 6.45) is 1.69. The van der Waals surface area contributed by atoms with Gasteiger partial charge in [0.2, 0.25) is 0 Å². The van der Waals surface area contributed by atoms with Crippen molar-refractivity contribution in [3.8, 4) is 11.3 Å². The van der Waals surface area contributed by atoms with E-state index in [9.17, 15) is 4.79 Å². The molecule has 0 saturated carbocycles. The van der Waals surface area contributed by atoms with Crippen LogP contribution in [0.5, 0.6) is 0 Å². The highest BCUT2D eigenvalue weighted by molar-refractivity contribution is 8.27. The third kappa shape index (κ3) is 3.31. The van der Waals surface area contributed by atoms with Gasteiger partial charge in [0.25, 0.3) is 5.91 Å². The van der Waals surface area contributed by atoms with Crippen molar-refractivity contribution in [3.05, 3.63) is 74.6 Å². The van der Waals surface area contributed by atoms with Crippen LogP contribution in [0.15, 0.2) is 51.8 Å². The number of nitrogens with zero attached hydrogens (tertiary/aromatic N) is 2. The van der Waals surface area contributed by atoms with Gasteiger partial charge in [-0.25, -0.2) is 0 Å². The highest BCUT2D eigenvalue weighted by Crippen LogP contribution is 2.36. The van der Waals surface area contributed by atoms with Crippen LogP contribution in [0.4, 0.5) is 0 Å². The smallest absolute Gasteiger partial charge is 0.285 e. The summed E-state index contributed by atoms with van der Waals surface area (Å²) in [4.78, 5) is 13.4. The molecule has 0 N–H and O–H groups in total. The van der Waals surface area contributed by atoms with Crippen LogP contribution in [0.3, 0.4) is 0 Å². The highest BCUT2D eigenvalue weighted by Gasteiger charge is 2.35. The van der Waals surface area contributed by atoms with Crippen LogP contribution in [-0.4, -0.2) is 14.9 Å². The van der Waals surface area contributed by atoms with Gasteiger partial charge in [-0.1, -0.05) is 41.0 Å². The summed E-state index contributed by atoms with van der Waals surface area (Å²) >= 11 is 19.0. The van der Waals surface area contributed by atoms with Gasteiger partial charge in [-0.2, -0.15) is 5.01 Å². The number of amides is 1. The summed E-state index contributed by atoms with van der Waals surface area (Å²) in [6, 6.07) is 12.8. The Morgan fingerprint density at radius 1 is 1.07 bits per heavy atom. The fourth-order valence-corrected chi connectivity index (χ4v) is 4.62. The Morgan fingerprint density at radius 3 is 2.50 bits per heavy atom. The monoisotopic (exact) mass is 448 g/mol. The SMILES string of the molecule is Cc1ccc(C)n1N1C(=O)/C(=C\c2ccc(-c3cccc(Cl)c3Cl)o2)SC1=S. The summed E-state index contributed by atoms with van der Waals surface area (Å²) in [7, 11) is 0. The molecular weight excluding hydrogens is 435 g/mol. The number of rotatable bonds is 3. The topological polar surface area (TPSA) is 38.4 Å². The Bertz CT molecular complexity index is 1130. The lowest BCUT2D eigenvalue weighted by Crippen LogP contribution is -2.39. The lowest BCUT2D eigenvalue weighted by Gasteiger charge is -2.20. The van der Waals surface area contributed by atoms with Crippen molar-refractivity contribution >= 4 is 63.5 Å². The number of benzene rings is 1. The van der Waals surface area contributed by atoms with E-state index < -0.39 is 0 Å². The minimum Gasteiger partial charge on any atom is -0.457 e. The van der Waals surface area contributed by atoms with Gasteiger partial charge in [-0.05, 0) is 62.5 Å². The quantitative estimate of drug-likeness (QED) is 0.352. The molecule has 1 aliphatic heterocycles. The van der Waals surface area contributed by atoms with E-state index in [0.717, 1.165) is 11.4 Å². The molecular formula is C20H14Cl2N2O2S2. The maximum atomic E-state index is 12.9. The number of carbonyl (C=O) groups is 1. The number of thiocarbonyl (C=S) groups is 1. The van der Waals surface area contributed by atoms with Crippen molar-refractivity contribution < 1.29 is 9.21 Å². The summed E-state index contributed by atoms with van der Waals surface area (Å²) in [5.41, 5.74) is 2.57. The number of thioether (sulfide) groups is 1. The number of halogens is 2. The molecule has 1 fully saturated rings. The van der Waals surface area contributed by atoms with Crippen molar-refractivity contribution in [1.82, 2.24) is 4.68 Å². The number of aryl methyl sites for hydroxylation is 2. The molecule has 1 aliphatic rings. The molecule has 0 radical (unpaired) electrons. The first-order valence-electron chi connectivity index (χ1n) is 8.34. The second-order valence-corrected chi connectivity index (χ2v) is 8.69. The maximum absolute atomic E-state index is 12.9. The van der Waals surface area contributed by atoms with E-state index in [4.69, 9.17) is 39.8 Å². The summed E-state index contributed by atoms with van der Waals surface area (Å²) in [5.74, 6) is 0.926. The fraction of sp³-hybridized carbons (Fsp3) is 0.100. The van der Waals surface area contributed by atoms with Gasteiger partial charge in [0.05, 0.1) is 15.0 Å². The molecule has 28 heavy (non-hydrogen) atoms. The van der Waals surface area contributed by atoms with Crippen molar-refractivity contribution in [1.29, 1.82) is 0 Å². The lowest BCUT2D eigenvalue weighted by molar-refractivity contribution is -0.114. The van der Waals surface area contributed by atoms with E-state index in [1.165, 1.54) is 16.8 Å². The molecule has 3 heterocycles. The Hall–Kier alpha value is -1.99. The van der Waals surface area contributed by atoms with Gasteiger partial charge in [-0.15, -0.1) is 0 Å². The largest absolute Gasteiger partial charge is 0.457 e. The Kier molecular flexibility index (Phi) is 5.14. The average molecular weight is 449 g/mol. The number of furan rings is 1. The van der Waals surface area contributed by atoms with Gasteiger partial charge in [0.1, 0.15) is 11.5 Å². The molecule has 0 spiro atoms. The van der Waals surface area contributed by atoms with E-state index in [0.29, 0.717) is 36.4 Å². The Balaban J connectivity index is 1.66. The van der Waals surface area contributed by atoms with Gasteiger partial charge < -0.3 is 4.42 Å². The zero-order valence-electron chi connectivity index (χ0n) is 14.9. The van der Waals surface area contributed by atoms with Crippen LogP contribution >= 0.6 is 47.2 Å². The summed E-state index contributed by atoms with van der Waals surface area (Å²) in [5, 5.41) is 2.39. The first-order chi connectivity index (χ1) is 13.4. The van der Waals surface area contributed by atoms with Crippen LogP contribution in [0.1, 0.15) is 17.1 Å². The third-order valence-corrected chi connectivity index (χ3v) is 6.43. The molecule has 1 aromatic carbocycles. The molecule has 142 valence electrons. The standard InChI is InChI=1S/C20H14Cl2N2O2S2/c1-11-6-7-12(2)23(11)24-19(25)17(28-20(24)27)10-13-8-9-16(26-13)14-4-3-5-15(21)18(14)22/h3-10H,1-2H3/b17-10+. The predicted octanol–water partition coefficient (Wildman–Crippen LogP) is 6.21. The van der Waals surface area contributed by atoms with Crippen LogP contribution < -0.4 is 5.01 Å². The molecule has 1 amide bonds. The Morgan fingerprint density at radius 2 is 1.79 bits per heavy atom. The van der Waals surface area contributed by atoms with E-state index in [2.05, 4.69) is 0 Å². The van der Waals surface area contributed by atoms with Crippen molar-refractivity contribution in [2.24, 2.45) is 0 Å². The van der Waals surface area contributed by atoms with Gasteiger partial charge in [-0.3, -0.25) is 9.47 Å². The van der Waals surface area contributed by atoms with Crippen molar-refractivity contribution in [3.63, 3.8) is 0 Å². The van der Waals surface area contributed by atoms with Crippen molar-refractivity contribution in [2.75, 3.05) is 5.01 Å². The molecule has 0 atom stereocenters. The first kappa shape index (κ1) is 19.3. The number of hydrogen-bond donors (Lipinski definition) is 0. The van der Waals surface area contributed by atoms with Crippen LogP contribution in [-0.2, 0) is 4.79 Å². The average Bonchev–Trinajstić information content (AvgIpc) is 3.31. The molecule has 1 saturated heterocycles. The number of aromatic nitrogens is 1. The second-order valence-electron chi connectivity index (χ2n) is 6.22. The van der Waals surface area contributed by atoms with Gasteiger partial charge in [0.15, 0.2) is 4.32 Å². The van der Waals surface area contributed by atoms with E-state index in [-0.39, 0.29) is 5.91 Å². The molecule has 4 rings (SSSR count). The van der Waals surface area contributed by atoms with E-state index in [1.807, 2.05) is 36.7 Å². The van der Waals surface area contributed by atoms with E-state index >= 15 is 0 Å². The highest BCUT2D eigenvalue weighted by atomic mass is 35.5. The normalized spacial score (nSPS) is 15.9. The molecule has 0 unspecified atom stereocenters. The van der Waals surface area contributed by atoms with Crippen LogP contribution in [0.2, 0.25) is 10.0 Å². The first-order valence-corrected chi connectivity index (χ1v) is 10.3. The second kappa shape index (κ2) is 7.44. The molecule has 0 aliphatic carbocycles. The molecule has 8 heteroatoms. The number of hydrogen-bond acceptors (Lipinski definition) is 4. The number of carbonyl (C=O) groups excluding carboxylic acids is 1. The van der Waals surface area contributed by atoms with Gasteiger partial charge >= 0.3 is 0 Å². The van der Waals surface area contributed by atoms with E-state index in [1.54, 1.807) is 30.3 Å². The summed E-state index contributed by atoms with van der Waals surface area (Å²) in [6.45, 7) is 3.87. The summed E-state index contributed by atoms with van der Waals surface area (Å²) < 4.78 is 8.16. The lowest BCUT2D eigenvalue weighted by atomic mass is 10.2. The maximum Gasteiger partial charge on any atom is 0.285 e. The zero-order valence-corrected chi connectivity index (χ0v) is 18.0. The van der Waals surface area contributed by atoms with Gasteiger partial charge in [0, 0.05) is 23.0 Å². The third-order valence-electron chi connectivity index (χ3n) is 4.32. The van der Waals surface area contributed by atoms with Crippen LogP contribution in [0.25, 0.3) is 17.4 Å². The molecule has 3 aromatic rings. The molecule has 2 aromatic heterocycles. The zero-order chi connectivity index (χ0) is 20.0. The Labute approximate surface area is 181 Å². The predicted molar refractivity (Wildman–Crippen MR) is 119 cm³/mol. The van der Waals surface area contributed by atoms with Crippen molar-refractivity contribution in [2.45, 2.75) is 13.8 Å². The fourth-order valence-electron chi connectivity index (χ4n) is 3.01. The minimum atomic E-state index is -0.184. The molecule has 0 bridgehead atoms.